The van der Waals surface area contributed by atoms with Crippen LogP contribution in [-0.4, -0.2) is 9.67 Å². The van der Waals surface area contributed by atoms with Crippen LogP contribution in [0.25, 0.3) is 10.9 Å². The minimum absolute atomic E-state index is 0.0263. The predicted molar refractivity (Wildman–Crippen MR) is 64.8 cm³/mol. The largest absolute Gasteiger partial charge is 0.507 e. The molecule has 1 N–H and O–H groups in total. The minimum atomic E-state index is -0.0263. The molecule has 2 aromatic rings. The van der Waals surface area contributed by atoms with E-state index in [0.717, 1.165) is 29.3 Å². The molecule has 0 unspecified atom stereocenters. The van der Waals surface area contributed by atoms with Crippen LogP contribution in [0.2, 0.25) is 0 Å². The van der Waals surface area contributed by atoms with Crippen LogP contribution in [0.3, 0.4) is 0 Å². The van der Waals surface area contributed by atoms with Gasteiger partial charge in [-0.1, -0.05) is 19.4 Å². The van der Waals surface area contributed by atoms with Crippen molar-refractivity contribution in [2.24, 2.45) is 7.05 Å². The van der Waals surface area contributed by atoms with E-state index in [4.69, 9.17) is 0 Å². The van der Waals surface area contributed by atoms with Gasteiger partial charge in [-0.15, -0.1) is 0 Å². The van der Waals surface area contributed by atoms with Crippen molar-refractivity contribution in [3.63, 3.8) is 0 Å². The molecule has 0 saturated carbocycles. The molecular formula is C13H15NO2. The van der Waals surface area contributed by atoms with Crippen LogP contribution in [-0.2, 0) is 13.5 Å². The molecule has 0 aliphatic heterocycles. The number of hydrogen-bond donors (Lipinski definition) is 1. The number of aryl methyl sites for hydroxylation is 2. The molecule has 0 fully saturated rings. The molecule has 1 heterocycles. The molecule has 3 nitrogen and oxygen atoms in total. The number of phenolic OH excluding ortho intramolecular Hbond substituents is 1. The number of fused-ring (bicyclic) bond motifs is 1. The molecule has 2 rings (SSSR count). The first-order valence-electron chi connectivity index (χ1n) is 5.45. The molecule has 0 aliphatic rings. The molecule has 0 spiro atoms. The van der Waals surface area contributed by atoms with Gasteiger partial charge in [0.05, 0.1) is 5.52 Å². The van der Waals surface area contributed by atoms with E-state index in [2.05, 4.69) is 6.92 Å². The average Bonchev–Trinajstić information content (AvgIpc) is 2.25. The summed E-state index contributed by atoms with van der Waals surface area (Å²) in [7, 11) is 1.72. The first kappa shape index (κ1) is 10.7. The summed E-state index contributed by atoms with van der Waals surface area (Å²) in [6.45, 7) is 2.06. The van der Waals surface area contributed by atoms with Crippen LogP contribution < -0.4 is 5.56 Å². The van der Waals surface area contributed by atoms with Gasteiger partial charge in [0.2, 0.25) is 0 Å². The van der Waals surface area contributed by atoms with Crippen LogP contribution in [0.1, 0.15) is 18.9 Å². The lowest BCUT2D eigenvalue weighted by molar-refractivity contribution is 0.481. The zero-order chi connectivity index (χ0) is 11.7. The third-order valence-corrected chi connectivity index (χ3v) is 2.85. The summed E-state index contributed by atoms with van der Waals surface area (Å²) in [5.74, 6) is 0.247. The Morgan fingerprint density at radius 1 is 1.38 bits per heavy atom. The van der Waals surface area contributed by atoms with Gasteiger partial charge < -0.3 is 9.67 Å². The van der Waals surface area contributed by atoms with Crippen molar-refractivity contribution >= 4 is 10.9 Å². The number of nitrogens with zero attached hydrogens (tertiary/aromatic N) is 1. The number of phenols is 1. The summed E-state index contributed by atoms with van der Waals surface area (Å²) >= 11 is 0. The molecule has 0 radical (unpaired) electrons. The van der Waals surface area contributed by atoms with Gasteiger partial charge in [0.25, 0.3) is 5.56 Å². The third-order valence-electron chi connectivity index (χ3n) is 2.85. The second-order valence-electron chi connectivity index (χ2n) is 3.99. The Hall–Kier alpha value is -1.77. The molecule has 0 bridgehead atoms. The van der Waals surface area contributed by atoms with Crippen molar-refractivity contribution in [3.8, 4) is 5.75 Å². The highest BCUT2D eigenvalue weighted by Crippen LogP contribution is 2.27. The van der Waals surface area contributed by atoms with Crippen LogP contribution in [0.5, 0.6) is 5.75 Å². The minimum Gasteiger partial charge on any atom is -0.507 e. The summed E-state index contributed by atoms with van der Waals surface area (Å²) < 4.78 is 1.56. The standard InChI is InChI=1S/C13H15NO2/c1-3-5-9-8-12(16)14(2)10-6-4-7-11(15)13(9)10/h4,6-8,15H,3,5H2,1-2H3. The fourth-order valence-corrected chi connectivity index (χ4v) is 2.04. The van der Waals surface area contributed by atoms with Crippen LogP contribution in [0, 0.1) is 0 Å². The second kappa shape index (κ2) is 4.00. The Kier molecular flexibility index (Phi) is 2.69. The third kappa shape index (κ3) is 1.58. The molecule has 1 aromatic heterocycles. The lowest BCUT2D eigenvalue weighted by Crippen LogP contribution is -2.17. The normalized spacial score (nSPS) is 10.9. The highest BCUT2D eigenvalue weighted by molar-refractivity contribution is 5.88. The first-order chi connectivity index (χ1) is 7.65. The summed E-state index contributed by atoms with van der Waals surface area (Å²) in [6.07, 6.45) is 1.76. The van der Waals surface area contributed by atoms with Crippen molar-refractivity contribution < 1.29 is 5.11 Å². The highest BCUT2D eigenvalue weighted by Gasteiger charge is 2.09. The molecule has 16 heavy (non-hydrogen) atoms. The molecule has 1 aromatic carbocycles. The molecule has 0 aliphatic carbocycles. The molecule has 84 valence electrons. The van der Waals surface area contributed by atoms with Gasteiger partial charge in [0, 0.05) is 18.5 Å². The number of aromatic nitrogens is 1. The van der Waals surface area contributed by atoms with Gasteiger partial charge in [-0.3, -0.25) is 4.79 Å². The summed E-state index contributed by atoms with van der Waals surface area (Å²) in [4.78, 5) is 11.7. The summed E-state index contributed by atoms with van der Waals surface area (Å²) in [5.41, 5.74) is 1.69. The smallest absolute Gasteiger partial charge is 0.251 e. The van der Waals surface area contributed by atoms with Gasteiger partial charge in [-0.05, 0) is 24.1 Å². The number of aromatic hydroxyl groups is 1. The van der Waals surface area contributed by atoms with Gasteiger partial charge in [0.15, 0.2) is 0 Å². The fraction of sp³-hybridized carbons (Fsp3) is 0.308. The van der Waals surface area contributed by atoms with Gasteiger partial charge in [-0.2, -0.15) is 0 Å². The van der Waals surface area contributed by atoms with Crippen LogP contribution >= 0.6 is 0 Å². The van der Waals surface area contributed by atoms with Crippen LogP contribution in [0.4, 0.5) is 0 Å². The van der Waals surface area contributed by atoms with E-state index >= 15 is 0 Å². The Morgan fingerprint density at radius 2 is 2.12 bits per heavy atom. The maximum absolute atomic E-state index is 11.7. The predicted octanol–water partition coefficient (Wildman–Crippen LogP) is 2.20. The Balaban J connectivity index is 2.90. The van der Waals surface area contributed by atoms with Crippen molar-refractivity contribution in [1.29, 1.82) is 0 Å². The fourth-order valence-electron chi connectivity index (χ4n) is 2.04. The SMILES string of the molecule is CCCc1cc(=O)n(C)c2cccc(O)c12. The monoisotopic (exact) mass is 217 g/mol. The van der Waals surface area contributed by atoms with E-state index in [0.29, 0.717) is 0 Å². The first-order valence-corrected chi connectivity index (χ1v) is 5.45. The van der Waals surface area contributed by atoms with Gasteiger partial charge in [-0.25, -0.2) is 0 Å². The topological polar surface area (TPSA) is 42.2 Å². The lowest BCUT2D eigenvalue weighted by Gasteiger charge is -2.10. The van der Waals surface area contributed by atoms with E-state index in [1.165, 1.54) is 0 Å². The number of benzene rings is 1. The molecule has 0 saturated heterocycles. The summed E-state index contributed by atoms with van der Waals surface area (Å²) in [5, 5.41) is 10.7. The number of hydrogen-bond acceptors (Lipinski definition) is 2. The Morgan fingerprint density at radius 3 is 2.81 bits per heavy atom. The van der Waals surface area contributed by atoms with Crippen molar-refractivity contribution in [2.45, 2.75) is 19.8 Å². The quantitative estimate of drug-likeness (QED) is 0.837. The molecule has 3 heteroatoms. The number of rotatable bonds is 2. The van der Waals surface area contributed by atoms with Crippen LogP contribution in [0.15, 0.2) is 29.1 Å². The van der Waals surface area contributed by atoms with Gasteiger partial charge in [0.1, 0.15) is 5.75 Å². The summed E-state index contributed by atoms with van der Waals surface area (Å²) in [6, 6.07) is 6.89. The van der Waals surface area contributed by atoms with E-state index in [1.807, 2.05) is 6.07 Å². The average molecular weight is 217 g/mol. The molecule has 0 atom stereocenters. The maximum atomic E-state index is 11.7. The maximum Gasteiger partial charge on any atom is 0.251 e. The molecular weight excluding hydrogens is 202 g/mol. The Labute approximate surface area is 94.0 Å². The van der Waals surface area contributed by atoms with E-state index in [1.54, 1.807) is 29.8 Å². The van der Waals surface area contributed by atoms with Crippen molar-refractivity contribution in [2.75, 3.05) is 0 Å². The second-order valence-corrected chi connectivity index (χ2v) is 3.99. The van der Waals surface area contributed by atoms with E-state index < -0.39 is 0 Å². The van der Waals surface area contributed by atoms with E-state index in [9.17, 15) is 9.90 Å². The van der Waals surface area contributed by atoms with Crippen molar-refractivity contribution in [1.82, 2.24) is 4.57 Å². The van der Waals surface area contributed by atoms with E-state index in [-0.39, 0.29) is 11.3 Å². The highest BCUT2D eigenvalue weighted by atomic mass is 16.3. The zero-order valence-corrected chi connectivity index (χ0v) is 9.53. The number of pyridine rings is 1. The van der Waals surface area contributed by atoms with Crippen molar-refractivity contribution in [3.05, 3.63) is 40.2 Å². The lowest BCUT2D eigenvalue weighted by atomic mass is 10.0. The zero-order valence-electron chi connectivity index (χ0n) is 9.53. The molecule has 0 amide bonds. The Bertz CT molecular complexity index is 584. The van der Waals surface area contributed by atoms with Gasteiger partial charge >= 0.3 is 0 Å².